The Morgan fingerprint density at radius 1 is 0.592 bits per heavy atom. The minimum atomic E-state index is -1.77. The second-order valence-electron chi connectivity index (χ2n) is 26.1. The van der Waals surface area contributed by atoms with Crippen molar-refractivity contribution < 1.29 is 63.2 Å². The molecular weight excluding hydrogens is 1370 g/mol. The number of benzene rings is 6. The molecule has 0 unspecified atom stereocenters. The lowest BCUT2D eigenvalue weighted by atomic mass is 9.84. The molecule has 2 heterocycles. The minimum absolute atomic E-state index is 0.0407. The number of amides is 10. The number of fused-ring (bicyclic) bond motifs is 1. The molecule has 10 atom stereocenters. The number of H-pyrrole nitrogens is 1. The van der Waals surface area contributed by atoms with E-state index in [1.54, 1.807) is 105 Å². The standard InChI is InChI=1S/C76H93N11O13S3/c1-48(89)62(45-88)83-71(96)64-47-103-102-46-63(84-68(93)60(42-51-27-13-7-14-28-51)86-73(98)77-39-40-101-76(53-29-15-8-16-30-53,54-31-17-9-18-32-54)55-33-19-10-20-34-55)70(95)81-59(41-50-25-11-6-12-26-50)67(92)82-61(43-52-44-79-57-36-22-21-35-56(52)57)69(94)80-58(66(91)87-65(49(2)90)72(97)85-64)37-23-24-38-78-74(99)100-75(3,4)5/h6-22,25-36,44,48-49,58-65,79,88-90H,23-24,37-43,45-47H2,1-5H3,(H,78,99)(H,80,94)(H,81,95)(H,82,92)(H,83,96)(H,84,93)(H,85,97)(H,87,91)(H2,77,86,98)/t48-,49-,58+,59+,60-,61-,62-,63+,64+,65+/m1/s1. The number of unbranched alkanes of at least 4 members (excludes halogenated alkanes) is 1. The first-order chi connectivity index (χ1) is 49.5. The lowest BCUT2D eigenvalue weighted by molar-refractivity contribution is -0.136. The molecule has 0 saturated carbocycles. The number of hydrogen-bond acceptors (Lipinski definition) is 16. The molecule has 1 aliphatic heterocycles. The number of alkyl carbamates (subject to hydrolysis) is 1. The summed E-state index contributed by atoms with van der Waals surface area (Å²) < 4.78 is 4.69. The van der Waals surface area contributed by atoms with E-state index in [2.05, 4.69) is 94.6 Å². The average molecular weight is 1460 g/mol. The van der Waals surface area contributed by atoms with Gasteiger partial charge in [0.05, 0.1) is 29.6 Å². The second kappa shape index (κ2) is 39.3. The van der Waals surface area contributed by atoms with E-state index < -0.39 is 131 Å². The van der Waals surface area contributed by atoms with Gasteiger partial charge in [0.15, 0.2) is 0 Å². The zero-order valence-corrected chi connectivity index (χ0v) is 60.7. The number of thioether (sulfide) groups is 1. The van der Waals surface area contributed by atoms with Crippen LogP contribution in [0.5, 0.6) is 0 Å². The van der Waals surface area contributed by atoms with Crippen LogP contribution in [-0.2, 0) is 62.3 Å². The number of carbonyl (C=O) groups is 9. The number of carbonyl (C=O) groups excluding carboxylic acids is 9. The van der Waals surface area contributed by atoms with Crippen molar-refractivity contribution in [2.24, 2.45) is 0 Å². The van der Waals surface area contributed by atoms with Crippen molar-refractivity contribution in [3.8, 4) is 0 Å². The maximum Gasteiger partial charge on any atom is 0.407 e. The third kappa shape index (κ3) is 23.8. The van der Waals surface area contributed by atoms with Gasteiger partial charge in [-0.15, -0.1) is 11.8 Å². The van der Waals surface area contributed by atoms with Crippen molar-refractivity contribution in [1.29, 1.82) is 0 Å². The SMILES string of the molecule is C[C@@H](O)[C@@H]1NC(=O)[C@H](CCCCNC(=O)OC(C)(C)C)NC(=O)[C@@H](Cc2c[nH]c3ccccc23)NC(=O)[C@H](Cc2ccccc2)NC(=O)[C@@H](NC(=O)[C@@H](Cc2ccccc2)NC(=O)NCCSC(c2ccccc2)(c2ccccc2)c2ccccc2)CSSC[C@@H](C(=O)N[C@H](CO)[C@@H](C)O)NC1=O. The van der Waals surface area contributed by atoms with Gasteiger partial charge in [-0.25, -0.2) is 9.59 Å². The zero-order chi connectivity index (χ0) is 73.9. The highest BCUT2D eigenvalue weighted by molar-refractivity contribution is 8.76. The van der Waals surface area contributed by atoms with E-state index in [9.17, 15) is 39.3 Å². The van der Waals surface area contributed by atoms with Gasteiger partial charge in [-0.2, -0.15) is 0 Å². The number of aliphatic hydroxyl groups excluding tert-OH is 3. The van der Waals surface area contributed by atoms with Crippen molar-refractivity contribution in [2.75, 3.05) is 37.0 Å². The number of hydrogen-bond donors (Lipinski definition) is 14. The van der Waals surface area contributed by atoms with Gasteiger partial charge in [-0.3, -0.25) is 33.6 Å². The molecule has 7 aromatic rings. The predicted molar refractivity (Wildman–Crippen MR) is 401 cm³/mol. The second-order valence-corrected chi connectivity index (χ2v) is 29.9. The molecule has 14 N–H and O–H groups in total. The number of rotatable bonds is 26. The van der Waals surface area contributed by atoms with E-state index in [-0.39, 0.29) is 63.1 Å². The van der Waals surface area contributed by atoms with E-state index in [0.717, 1.165) is 43.8 Å². The van der Waals surface area contributed by atoms with Gasteiger partial charge in [-0.05, 0) is 93.3 Å². The Hall–Kier alpha value is -9.38. The topological polar surface area (TPSA) is 360 Å². The van der Waals surface area contributed by atoms with Gasteiger partial charge in [0, 0.05) is 66.7 Å². The van der Waals surface area contributed by atoms with E-state index >= 15 is 19.2 Å². The summed E-state index contributed by atoms with van der Waals surface area (Å²) in [6.45, 7) is 7.25. The minimum Gasteiger partial charge on any atom is -0.444 e. The summed E-state index contributed by atoms with van der Waals surface area (Å²) in [5.41, 5.74) is 4.87. The van der Waals surface area contributed by atoms with Crippen LogP contribution in [0.4, 0.5) is 9.59 Å². The number of para-hydroxylation sites is 1. The number of aromatic nitrogens is 1. The van der Waals surface area contributed by atoms with Gasteiger partial charge < -0.3 is 78.2 Å². The summed E-state index contributed by atoms with van der Waals surface area (Å²) in [6.07, 6.45) is -1.88. The molecule has 103 heavy (non-hydrogen) atoms. The summed E-state index contributed by atoms with van der Waals surface area (Å²) in [5.74, 6) is -6.40. The number of aromatic amines is 1. The average Bonchev–Trinajstić information content (AvgIpc) is 1.19. The number of urea groups is 1. The Labute approximate surface area is 612 Å². The van der Waals surface area contributed by atoms with Crippen LogP contribution in [0.15, 0.2) is 182 Å². The summed E-state index contributed by atoms with van der Waals surface area (Å²) in [7, 11) is 1.96. The van der Waals surface area contributed by atoms with Crippen molar-refractivity contribution in [2.45, 2.75) is 144 Å². The van der Waals surface area contributed by atoms with Gasteiger partial charge in [0.25, 0.3) is 0 Å². The summed E-state index contributed by atoms with van der Waals surface area (Å²) in [4.78, 5) is 135. The summed E-state index contributed by atoms with van der Waals surface area (Å²) in [5, 5.41) is 60.2. The largest absolute Gasteiger partial charge is 0.444 e. The Bertz CT molecular complexity index is 3820. The molecule has 1 fully saturated rings. The molecule has 1 aliphatic rings. The number of nitrogens with one attached hydrogen (secondary N) is 11. The lowest BCUT2D eigenvalue weighted by Gasteiger charge is -2.35. The van der Waals surface area contributed by atoms with Crippen LogP contribution in [0.25, 0.3) is 10.9 Å². The first kappa shape index (κ1) is 79.3. The maximum atomic E-state index is 15.4. The van der Waals surface area contributed by atoms with E-state index in [0.29, 0.717) is 27.8 Å². The quantitative estimate of drug-likeness (QED) is 0.0172. The normalized spacial score (nSPS) is 19.4. The molecule has 1 saturated heterocycles. The van der Waals surface area contributed by atoms with Crippen molar-refractivity contribution in [1.82, 2.24) is 58.2 Å². The Morgan fingerprint density at radius 2 is 1.13 bits per heavy atom. The molecule has 24 nitrogen and oxygen atoms in total. The maximum absolute atomic E-state index is 15.4. The van der Waals surface area contributed by atoms with Crippen LogP contribution < -0.4 is 53.2 Å². The first-order valence-electron chi connectivity index (χ1n) is 34.3. The lowest BCUT2D eigenvalue weighted by Crippen LogP contribution is -2.62. The van der Waals surface area contributed by atoms with Crippen LogP contribution in [0.2, 0.25) is 0 Å². The van der Waals surface area contributed by atoms with Gasteiger partial charge >= 0.3 is 12.1 Å². The van der Waals surface area contributed by atoms with Crippen LogP contribution in [0.3, 0.4) is 0 Å². The summed E-state index contributed by atoms with van der Waals surface area (Å²) in [6, 6.07) is 42.8. The van der Waals surface area contributed by atoms with Crippen LogP contribution in [0.1, 0.15) is 87.3 Å². The molecule has 0 aliphatic carbocycles. The molecule has 0 radical (unpaired) electrons. The fraction of sp³-hybridized carbons (Fsp3) is 0.382. The van der Waals surface area contributed by atoms with Gasteiger partial charge in [-0.1, -0.05) is 191 Å². The molecule has 8 rings (SSSR count). The van der Waals surface area contributed by atoms with Crippen molar-refractivity contribution >= 4 is 97.7 Å². The molecule has 6 aromatic carbocycles. The summed E-state index contributed by atoms with van der Waals surface area (Å²) >= 11 is 1.63. The zero-order valence-electron chi connectivity index (χ0n) is 58.2. The smallest absolute Gasteiger partial charge is 0.407 e. The van der Waals surface area contributed by atoms with Gasteiger partial charge in [0.1, 0.15) is 47.9 Å². The monoisotopic (exact) mass is 1460 g/mol. The fourth-order valence-corrected chi connectivity index (χ4v) is 15.4. The molecule has 27 heteroatoms. The van der Waals surface area contributed by atoms with E-state index in [4.69, 9.17) is 4.74 Å². The van der Waals surface area contributed by atoms with Crippen molar-refractivity contribution in [3.05, 3.63) is 216 Å². The fourth-order valence-electron chi connectivity index (χ4n) is 11.7. The van der Waals surface area contributed by atoms with Crippen LogP contribution in [-0.4, -0.2) is 177 Å². The van der Waals surface area contributed by atoms with Crippen LogP contribution >= 0.6 is 33.3 Å². The third-order valence-corrected chi connectivity index (χ3v) is 21.0. The van der Waals surface area contributed by atoms with Gasteiger partial charge in [0.2, 0.25) is 41.4 Å². The highest BCUT2D eigenvalue weighted by Crippen LogP contribution is 2.48. The molecule has 1 aromatic heterocycles. The molecule has 0 spiro atoms. The van der Waals surface area contributed by atoms with Crippen molar-refractivity contribution in [3.63, 3.8) is 0 Å². The predicted octanol–water partition coefficient (Wildman–Crippen LogP) is 5.83. The Morgan fingerprint density at radius 3 is 1.71 bits per heavy atom. The highest BCUT2D eigenvalue weighted by Gasteiger charge is 2.39. The molecule has 10 amide bonds. The molecule has 548 valence electrons. The molecular formula is C76H93N11O13S3. The third-order valence-electron chi connectivity index (χ3n) is 17.0. The first-order valence-corrected chi connectivity index (χ1v) is 37.8. The number of aliphatic hydroxyl groups is 3. The number of ether oxygens (including phenoxy) is 1. The van der Waals surface area contributed by atoms with Crippen LogP contribution in [0, 0.1) is 0 Å². The molecule has 0 bridgehead atoms. The van der Waals surface area contributed by atoms with E-state index in [1.165, 1.54) is 13.8 Å². The van der Waals surface area contributed by atoms with E-state index in [1.807, 2.05) is 72.8 Å². The Balaban J connectivity index is 1.12. The highest BCUT2D eigenvalue weighted by atomic mass is 33.1. The Kier molecular flexibility index (Phi) is 30.3.